The minimum Gasteiger partial charge on any atom is -0.281 e. The summed E-state index contributed by atoms with van der Waals surface area (Å²) < 4.78 is 2.34. The molecule has 0 aliphatic carbocycles. The summed E-state index contributed by atoms with van der Waals surface area (Å²) in [4.78, 5) is 4.12. The number of aromatic amines is 2. The van der Waals surface area contributed by atoms with Crippen LogP contribution in [0, 0.1) is 4.77 Å². The molecule has 3 rings (SSSR count). The normalized spacial score (nSPS) is 11.8. The van der Waals surface area contributed by atoms with E-state index in [1.165, 1.54) is 0 Å². The van der Waals surface area contributed by atoms with Crippen LogP contribution in [0.15, 0.2) is 30.6 Å². The first-order chi connectivity index (χ1) is 9.97. The quantitative estimate of drug-likeness (QED) is 0.713. The third-order valence-electron chi connectivity index (χ3n) is 3.19. The van der Waals surface area contributed by atoms with E-state index in [4.69, 9.17) is 12.2 Å². The van der Waals surface area contributed by atoms with E-state index in [9.17, 15) is 0 Å². The summed E-state index contributed by atoms with van der Waals surface area (Å²) in [5, 5.41) is 14.5. The van der Waals surface area contributed by atoms with Crippen molar-refractivity contribution in [2.45, 2.75) is 26.2 Å². The fourth-order valence-corrected chi connectivity index (χ4v) is 2.25. The van der Waals surface area contributed by atoms with Crippen molar-refractivity contribution < 1.29 is 0 Å². The second-order valence-corrected chi connectivity index (χ2v) is 6.20. The van der Waals surface area contributed by atoms with Gasteiger partial charge in [0.15, 0.2) is 10.6 Å². The number of rotatable bonds is 2. The van der Waals surface area contributed by atoms with Crippen LogP contribution in [0.1, 0.15) is 26.5 Å². The number of aromatic nitrogens is 6. The van der Waals surface area contributed by atoms with Crippen LogP contribution in [0.25, 0.3) is 17.2 Å². The van der Waals surface area contributed by atoms with Gasteiger partial charge in [-0.15, -0.1) is 0 Å². The van der Waals surface area contributed by atoms with Crippen LogP contribution in [0.2, 0.25) is 0 Å². The van der Waals surface area contributed by atoms with Gasteiger partial charge < -0.3 is 0 Å². The third kappa shape index (κ3) is 2.52. The minimum atomic E-state index is -0.00250. The van der Waals surface area contributed by atoms with Gasteiger partial charge >= 0.3 is 0 Å². The molecule has 0 aromatic carbocycles. The first kappa shape index (κ1) is 13.7. The molecular formula is C14H16N6S. The summed E-state index contributed by atoms with van der Waals surface area (Å²) in [7, 11) is 0. The van der Waals surface area contributed by atoms with Crippen molar-refractivity contribution in [2.75, 3.05) is 0 Å². The smallest absolute Gasteiger partial charge is 0.200 e. The van der Waals surface area contributed by atoms with Gasteiger partial charge in [-0.1, -0.05) is 20.8 Å². The van der Waals surface area contributed by atoms with Crippen molar-refractivity contribution in [3.05, 3.63) is 41.1 Å². The molecular weight excluding hydrogens is 284 g/mol. The molecule has 0 amide bonds. The first-order valence-electron chi connectivity index (χ1n) is 6.61. The Kier molecular flexibility index (Phi) is 3.21. The number of H-pyrrole nitrogens is 2. The predicted octanol–water partition coefficient (Wildman–Crippen LogP) is 3.01. The zero-order valence-corrected chi connectivity index (χ0v) is 12.9. The lowest BCUT2D eigenvalue weighted by Gasteiger charge is -2.14. The number of pyridine rings is 1. The van der Waals surface area contributed by atoms with E-state index in [0.717, 1.165) is 17.1 Å². The molecule has 0 unspecified atom stereocenters. The van der Waals surface area contributed by atoms with Crippen molar-refractivity contribution in [2.24, 2.45) is 0 Å². The summed E-state index contributed by atoms with van der Waals surface area (Å²) in [6, 6.07) is 5.79. The first-order valence-corrected chi connectivity index (χ1v) is 7.02. The van der Waals surface area contributed by atoms with Crippen molar-refractivity contribution in [3.8, 4) is 17.2 Å². The highest BCUT2D eigenvalue weighted by atomic mass is 32.1. The van der Waals surface area contributed by atoms with Gasteiger partial charge in [-0.05, 0) is 30.4 Å². The van der Waals surface area contributed by atoms with Crippen LogP contribution in [-0.4, -0.2) is 29.9 Å². The highest BCUT2D eigenvalue weighted by molar-refractivity contribution is 7.71. The lowest BCUT2D eigenvalue weighted by Crippen LogP contribution is -2.11. The number of hydrogen-bond donors (Lipinski definition) is 2. The highest BCUT2D eigenvalue weighted by Gasteiger charge is 2.20. The number of nitrogens with zero attached hydrogens (tertiary/aromatic N) is 4. The average molecular weight is 300 g/mol. The summed E-state index contributed by atoms with van der Waals surface area (Å²) in [5.74, 6) is 0.666. The molecule has 0 bridgehead atoms. The molecule has 0 aliphatic heterocycles. The lowest BCUT2D eigenvalue weighted by atomic mass is 9.92. The van der Waals surface area contributed by atoms with Crippen molar-refractivity contribution >= 4 is 12.2 Å². The molecule has 0 radical (unpaired) electrons. The van der Waals surface area contributed by atoms with Gasteiger partial charge in [0.1, 0.15) is 5.69 Å². The van der Waals surface area contributed by atoms with Crippen LogP contribution < -0.4 is 0 Å². The fraction of sp³-hybridized carbons (Fsp3) is 0.286. The van der Waals surface area contributed by atoms with Gasteiger partial charge in [-0.25, -0.2) is 0 Å². The van der Waals surface area contributed by atoms with Gasteiger partial charge in [0, 0.05) is 17.3 Å². The summed E-state index contributed by atoms with van der Waals surface area (Å²) in [5.41, 5.74) is 2.64. The molecule has 0 atom stereocenters. The van der Waals surface area contributed by atoms with Crippen molar-refractivity contribution in [1.29, 1.82) is 0 Å². The van der Waals surface area contributed by atoms with E-state index in [1.807, 2.05) is 22.8 Å². The zero-order valence-electron chi connectivity index (χ0n) is 12.1. The Balaban J connectivity index is 2.13. The molecule has 2 N–H and O–H groups in total. The van der Waals surface area contributed by atoms with Crippen LogP contribution in [0.3, 0.4) is 0 Å². The monoisotopic (exact) mass is 300 g/mol. The Morgan fingerprint density at radius 2 is 2.00 bits per heavy atom. The Labute approximate surface area is 127 Å². The second kappa shape index (κ2) is 4.92. The molecule has 3 aromatic heterocycles. The van der Waals surface area contributed by atoms with E-state index >= 15 is 0 Å². The average Bonchev–Trinajstić information content (AvgIpc) is 3.05. The summed E-state index contributed by atoms with van der Waals surface area (Å²) in [6.07, 6.45) is 3.46. The maximum Gasteiger partial charge on any atom is 0.200 e. The number of nitrogens with one attached hydrogen (secondary N) is 2. The zero-order chi connectivity index (χ0) is 15.0. The van der Waals surface area contributed by atoms with Crippen LogP contribution in [-0.2, 0) is 5.41 Å². The van der Waals surface area contributed by atoms with Crippen LogP contribution in [0.5, 0.6) is 0 Å². The molecule has 0 fully saturated rings. The van der Waals surface area contributed by atoms with E-state index in [2.05, 4.69) is 46.1 Å². The highest BCUT2D eigenvalue weighted by Crippen LogP contribution is 2.25. The van der Waals surface area contributed by atoms with E-state index in [0.29, 0.717) is 10.6 Å². The molecule has 0 aliphatic rings. The fourth-order valence-electron chi connectivity index (χ4n) is 2.01. The molecule has 21 heavy (non-hydrogen) atoms. The third-order valence-corrected chi connectivity index (χ3v) is 3.47. The van der Waals surface area contributed by atoms with Gasteiger partial charge in [0.2, 0.25) is 0 Å². The molecule has 3 aromatic rings. The molecule has 6 nitrogen and oxygen atoms in total. The van der Waals surface area contributed by atoms with E-state index in [1.54, 1.807) is 12.4 Å². The molecule has 7 heteroatoms. The van der Waals surface area contributed by atoms with Crippen molar-refractivity contribution in [3.63, 3.8) is 0 Å². The van der Waals surface area contributed by atoms with Crippen LogP contribution in [0.4, 0.5) is 0 Å². The Bertz CT molecular complexity index is 806. The van der Waals surface area contributed by atoms with Gasteiger partial charge in [0.25, 0.3) is 0 Å². The van der Waals surface area contributed by atoms with Crippen LogP contribution >= 0.6 is 12.2 Å². The number of hydrogen-bond acceptors (Lipinski definition) is 4. The summed E-state index contributed by atoms with van der Waals surface area (Å²) in [6.45, 7) is 6.38. The molecule has 3 heterocycles. The van der Waals surface area contributed by atoms with Gasteiger partial charge in [-0.2, -0.15) is 10.2 Å². The molecule has 0 spiro atoms. The maximum atomic E-state index is 5.31. The van der Waals surface area contributed by atoms with Crippen molar-refractivity contribution in [1.82, 2.24) is 29.9 Å². The van der Waals surface area contributed by atoms with E-state index in [-0.39, 0.29) is 5.41 Å². The molecule has 0 saturated heterocycles. The minimum absolute atomic E-state index is 0.00250. The Hall–Kier alpha value is -2.28. The Morgan fingerprint density at radius 1 is 1.19 bits per heavy atom. The van der Waals surface area contributed by atoms with Gasteiger partial charge in [-0.3, -0.25) is 19.7 Å². The maximum absolute atomic E-state index is 5.31. The Morgan fingerprint density at radius 3 is 2.62 bits per heavy atom. The second-order valence-electron chi connectivity index (χ2n) is 5.82. The summed E-state index contributed by atoms with van der Waals surface area (Å²) >= 11 is 5.31. The predicted molar refractivity (Wildman–Crippen MR) is 82.8 cm³/mol. The standard InChI is InChI=1S/C14H16N6S/c1-14(2,3)11-7-10(16-17-11)12-18-19-13(21)20(12)9-5-4-6-15-8-9/h4-8H,1-3H3,(H,16,17)(H,19,21). The molecule has 0 saturated carbocycles. The largest absolute Gasteiger partial charge is 0.281 e. The lowest BCUT2D eigenvalue weighted by molar-refractivity contribution is 0.567. The SMILES string of the molecule is CC(C)(C)c1cc(-c2n[nH]c(=S)n2-c2cccnc2)n[nH]1. The molecule has 108 valence electrons. The topological polar surface area (TPSA) is 75.2 Å². The van der Waals surface area contributed by atoms with E-state index < -0.39 is 0 Å². The van der Waals surface area contributed by atoms with Gasteiger partial charge in [0.05, 0.1) is 11.9 Å².